The van der Waals surface area contributed by atoms with E-state index in [2.05, 4.69) is 12.1 Å². The minimum atomic E-state index is -0.911. The van der Waals surface area contributed by atoms with Crippen LogP contribution in [-0.2, 0) is 11.2 Å². The highest BCUT2D eigenvalue weighted by Crippen LogP contribution is 2.11. The van der Waals surface area contributed by atoms with Crippen molar-refractivity contribution in [3.63, 3.8) is 0 Å². The van der Waals surface area contributed by atoms with Crippen molar-refractivity contribution in [3.8, 4) is 0 Å². The monoisotopic (exact) mass is 248 g/mol. The summed E-state index contributed by atoms with van der Waals surface area (Å²) in [6, 6.07) is 10.2. The smallest absolute Gasteiger partial charge is 0.310 e. The molecule has 18 heavy (non-hydrogen) atoms. The second-order valence-electron chi connectivity index (χ2n) is 4.48. The van der Waals surface area contributed by atoms with Gasteiger partial charge in [0.25, 0.3) is 0 Å². The van der Waals surface area contributed by atoms with Gasteiger partial charge in [0.15, 0.2) is 0 Å². The average Bonchev–Trinajstić information content (AvgIpc) is 2.35. The Balaban J connectivity index is 2.24. The number of hydrogen-bond acceptors (Lipinski definition) is 2. The van der Waals surface area contributed by atoms with Gasteiger partial charge in [0.2, 0.25) is 0 Å². The molecule has 0 aliphatic heterocycles. The van der Waals surface area contributed by atoms with Gasteiger partial charge in [0, 0.05) is 6.42 Å². The molecule has 1 aromatic carbocycles. The maximum Gasteiger partial charge on any atom is 0.310 e. The van der Waals surface area contributed by atoms with Crippen molar-refractivity contribution < 1.29 is 15.0 Å². The highest BCUT2D eigenvalue weighted by molar-refractivity contribution is 5.71. The molecule has 0 aliphatic rings. The van der Waals surface area contributed by atoms with E-state index in [-0.39, 0.29) is 5.76 Å². The lowest BCUT2D eigenvalue weighted by atomic mass is 10.1. The summed E-state index contributed by atoms with van der Waals surface area (Å²) in [6.45, 7) is 1.56. The lowest BCUT2D eigenvalue weighted by Crippen LogP contribution is -2.07. The first-order chi connectivity index (χ1) is 8.59. The van der Waals surface area contributed by atoms with Gasteiger partial charge >= 0.3 is 5.97 Å². The third kappa shape index (κ3) is 5.53. The van der Waals surface area contributed by atoms with Gasteiger partial charge in [-0.15, -0.1) is 0 Å². The number of hydrogen-bond donors (Lipinski definition) is 2. The van der Waals surface area contributed by atoms with Crippen LogP contribution in [-0.4, -0.2) is 16.2 Å². The minimum Gasteiger partial charge on any atom is -0.513 e. The molecule has 1 atom stereocenters. The SMILES string of the molecule is C[C@H](C=C(O)CCCCc1ccccc1)C(=O)O. The van der Waals surface area contributed by atoms with Crippen LogP contribution in [0.1, 0.15) is 31.7 Å². The molecule has 3 nitrogen and oxygen atoms in total. The molecule has 0 bridgehead atoms. The lowest BCUT2D eigenvalue weighted by molar-refractivity contribution is -0.139. The number of aliphatic carboxylic acids is 1. The number of aryl methyl sites for hydroxylation is 1. The van der Waals surface area contributed by atoms with Crippen LogP contribution >= 0.6 is 0 Å². The Kier molecular flexibility index (Phi) is 5.98. The predicted octanol–water partition coefficient (Wildman–Crippen LogP) is 3.56. The molecule has 3 heteroatoms. The summed E-state index contributed by atoms with van der Waals surface area (Å²) in [4.78, 5) is 10.6. The number of carboxylic acids is 1. The molecule has 0 unspecified atom stereocenters. The van der Waals surface area contributed by atoms with E-state index in [0.717, 1.165) is 19.3 Å². The van der Waals surface area contributed by atoms with Crippen molar-refractivity contribution in [2.45, 2.75) is 32.6 Å². The number of carboxylic acid groups (broad SMARTS) is 1. The van der Waals surface area contributed by atoms with Crippen LogP contribution in [0.15, 0.2) is 42.2 Å². The van der Waals surface area contributed by atoms with Crippen LogP contribution in [0.2, 0.25) is 0 Å². The molecule has 1 aromatic rings. The van der Waals surface area contributed by atoms with Crippen molar-refractivity contribution >= 4 is 5.97 Å². The number of unbranched alkanes of at least 4 members (excludes halogenated alkanes) is 1. The van der Waals surface area contributed by atoms with Crippen molar-refractivity contribution in [2.24, 2.45) is 5.92 Å². The van der Waals surface area contributed by atoms with Crippen molar-refractivity contribution in [2.75, 3.05) is 0 Å². The first-order valence-electron chi connectivity index (χ1n) is 6.26. The van der Waals surface area contributed by atoms with Crippen molar-refractivity contribution in [3.05, 3.63) is 47.7 Å². The third-order valence-corrected chi connectivity index (χ3v) is 2.82. The molecule has 0 fully saturated rings. The van der Waals surface area contributed by atoms with Crippen LogP contribution < -0.4 is 0 Å². The van der Waals surface area contributed by atoms with Crippen LogP contribution in [0.3, 0.4) is 0 Å². The van der Waals surface area contributed by atoms with Gasteiger partial charge in [-0.1, -0.05) is 30.3 Å². The van der Waals surface area contributed by atoms with E-state index in [0.29, 0.717) is 6.42 Å². The number of aliphatic hydroxyl groups is 1. The Hall–Kier alpha value is -1.77. The molecule has 1 rings (SSSR count). The zero-order valence-electron chi connectivity index (χ0n) is 10.7. The van der Waals surface area contributed by atoms with E-state index in [4.69, 9.17) is 5.11 Å². The fourth-order valence-electron chi connectivity index (χ4n) is 1.72. The van der Waals surface area contributed by atoms with E-state index in [1.165, 1.54) is 11.6 Å². The number of rotatable bonds is 7. The van der Waals surface area contributed by atoms with Gasteiger partial charge in [-0.25, -0.2) is 0 Å². The molecule has 0 aromatic heterocycles. The van der Waals surface area contributed by atoms with Crippen LogP contribution in [0.5, 0.6) is 0 Å². The fourth-order valence-corrected chi connectivity index (χ4v) is 1.72. The Morgan fingerprint density at radius 3 is 2.50 bits per heavy atom. The van der Waals surface area contributed by atoms with E-state index >= 15 is 0 Å². The van der Waals surface area contributed by atoms with Gasteiger partial charge in [0.1, 0.15) is 0 Å². The van der Waals surface area contributed by atoms with E-state index in [9.17, 15) is 9.90 Å². The number of carbonyl (C=O) groups is 1. The summed E-state index contributed by atoms with van der Waals surface area (Å²) < 4.78 is 0. The summed E-state index contributed by atoms with van der Waals surface area (Å²) >= 11 is 0. The molecule has 0 aliphatic carbocycles. The Morgan fingerprint density at radius 1 is 1.22 bits per heavy atom. The first kappa shape index (κ1) is 14.3. The summed E-state index contributed by atoms with van der Waals surface area (Å²) in [5, 5.41) is 18.3. The maximum atomic E-state index is 10.6. The molecule has 0 amide bonds. The van der Waals surface area contributed by atoms with Crippen LogP contribution in [0, 0.1) is 5.92 Å². The fraction of sp³-hybridized carbons (Fsp3) is 0.400. The zero-order chi connectivity index (χ0) is 13.4. The summed E-state index contributed by atoms with van der Waals surface area (Å²) in [5.74, 6) is -1.36. The molecule has 0 heterocycles. The first-order valence-corrected chi connectivity index (χ1v) is 6.26. The number of benzene rings is 1. The molecular formula is C15H20O3. The predicted molar refractivity (Wildman–Crippen MR) is 71.5 cm³/mol. The third-order valence-electron chi connectivity index (χ3n) is 2.82. The molecule has 2 N–H and O–H groups in total. The second-order valence-corrected chi connectivity index (χ2v) is 4.48. The summed E-state index contributed by atoms with van der Waals surface area (Å²) in [6.07, 6.45) is 4.80. The topological polar surface area (TPSA) is 57.5 Å². The number of aliphatic hydroxyl groups excluding tert-OH is 1. The highest BCUT2D eigenvalue weighted by atomic mass is 16.4. The standard InChI is InChI=1S/C15H20O3/c1-12(15(17)18)11-14(16)10-6-5-9-13-7-3-2-4-8-13/h2-4,7-8,11-12,16H,5-6,9-10H2,1H3,(H,17,18)/t12-/m1/s1. The van der Waals surface area contributed by atoms with Gasteiger partial charge in [-0.05, 0) is 37.8 Å². The normalized spacial score (nSPS) is 13.3. The van der Waals surface area contributed by atoms with Crippen molar-refractivity contribution in [1.29, 1.82) is 0 Å². The van der Waals surface area contributed by atoms with Gasteiger partial charge in [0.05, 0.1) is 11.7 Å². The maximum absolute atomic E-state index is 10.6. The average molecular weight is 248 g/mol. The van der Waals surface area contributed by atoms with Crippen LogP contribution in [0.25, 0.3) is 0 Å². The second kappa shape index (κ2) is 7.54. The van der Waals surface area contributed by atoms with Gasteiger partial charge in [-0.3, -0.25) is 4.79 Å². The van der Waals surface area contributed by atoms with E-state index in [1.807, 2.05) is 18.2 Å². The Labute approximate surface area is 108 Å². The van der Waals surface area contributed by atoms with Crippen LogP contribution in [0.4, 0.5) is 0 Å². The molecule has 0 saturated heterocycles. The zero-order valence-corrected chi connectivity index (χ0v) is 10.7. The molecule has 98 valence electrons. The Morgan fingerprint density at radius 2 is 1.89 bits per heavy atom. The quantitative estimate of drug-likeness (QED) is 0.573. The summed E-state index contributed by atoms with van der Waals surface area (Å²) in [7, 11) is 0. The summed E-state index contributed by atoms with van der Waals surface area (Å²) in [5.41, 5.74) is 1.29. The molecular weight excluding hydrogens is 228 g/mol. The highest BCUT2D eigenvalue weighted by Gasteiger charge is 2.08. The molecule has 0 radical (unpaired) electrons. The Bertz CT molecular complexity index is 395. The number of allylic oxidation sites excluding steroid dienone is 1. The van der Waals surface area contributed by atoms with Gasteiger partial charge < -0.3 is 10.2 Å². The van der Waals surface area contributed by atoms with Gasteiger partial charge in [-0.2, -0.15) is 0 Å². The van der Waals surface area contributed by atoms with E-state index in [1.54, 1.807) is 6.92 Å². The molecule has 0 saturated carbocycles. The lowest BCUT2D eigenvalue weighted by Gasteiger charge is -2.04. The van der Waals surface area contributed by atoms with Crippen molar-refractivity contribution in [1.82, 2.24) is 0 Å². The molecule has 0 spiro atoms. The minimum absolute atomic E-state index is 0.179. The van der Waals surface area contributed by atoms with E-state index < -0.39 is 11.9 Å². The largest absolute Gasteiger partial charge is 0.513 e.